The fourth-order valence-electron chi connectivity index (χ4n) is 2.41. The van der Waals surface area contributed by atoms with Crippen LogP contribution in [0.15, 0.2) is 43.2 Å². The van der Waals surface area contributed by atoms with Crippen LogP contribution < -0.4 is 4.90 Å². The second kappa shape index (κ2) is 7.74. The van der Waals surface area contributed by atoms with Gasteiger partial charge in [0.15, 0.2) is 5.82 Å². The van der Waals surface area contributed by atoms with Crippen LogP contribution in [0.4, 0.5) is 5.69 Å². The van der Waals surface area contributed by atoms with Crippen LogP contribution in [0.25, 0.3) is 0 Å². The van der Waals surface area contributed by atoms with Gasteiger partial charge in [-0.2, -0.15) is 0 Å². The van der Waals surface area contributed by atoms with Gasteiger partial charge in [-0.15, -0.1) is 10.2 Å². The van der Waals surface area contributed by atoms with Crippen LogP contribution in [0.5, 0.6) is 0 Å². The Bertz CT molecular complexity index is 764. The molecule has 0 saturated heterocycles. The van der Waals surface area contributed by atoms with Gasteiger partial charge in [0.1, 0.15) is 6.33 Å². The molecule has 0 aliphatic heterocycles. The van der Waals surface area contributed by atoms with Gasteiger partial charge in [0, 0.05) is 31.4 Å². The highest BCUT2D eigenvalue weighted by molar-refractivity contribution is 6.01. The Morgan fingerprint density at radius 2 is 1.88 bits per heavy atom. The fraction of sp³-hybridized carbons (Fsp3) is 0.333. The maximum Gasteiger partial charge on any atom is 0.254 e. The Kier molecular flexibility index (Phi) is 5.69. The molecule has 2 amide bonds. The zero-order valence-corrected chi connectivity index (χ0v) is 15.0. The number of carbonyl (C=O) groups excluding carboxylic acids is 2. The van der Waals surface area contributed by atoms with Crippen molar-refractivity contribution in [3.05, 3.63) is 54.6 Å². The molecular formula is C18H23N5O2. The average molecular weight is 341 g/mol. The van der Waals surface area contributed by atoms with Crippen molar-refractivity contribution in [1.29, 1.82) is 0 Å². The van der Waals surface area contributed by atoms with Gasteiger partial charge < -0.3 is 14.4 Å². The Hall–Kier alpha value is -2.96. The van der Waals surface area contributed by atoms with E-state index in [1.807, 2.05) is 18.4 Å². The number of benzene rings is 1. The fourth-order valence-corrected chi connectivity index (χ4v) is 2.41. The van der Waals surface area contributed by atoms with E-state index in [-0.39, 0.29) is 17.9 Å². The SMILES string of the molecule is C=CC(=O)N(C)c1ccc(C(=O)N(C)Cc2nncn2C(C)C)cc1. The molecule has 0 spiro atoms. The maximum atomic E-state index is 12.6. The highest BCUT2D eigenvalue weighted by Crippen LogP contribution is 2.16. The molecule has 0 bridgehead atoms. The van der Waals surface area contributed by atoms with Gasteiger partial charge in [-0.1, -0.05) is 6.58 Å². The van der Waals surface area contributed by atoms with Gasteiger partial charge in [0.05, 0.1) is 6.54 Å². The lowest BCUT2D eigenvalue weighted by atomic mass is 10.1. The van der Waals surface area contributed by atoms with Crippen molar-refractivity contribution in [1.82, 2.24) is 19.7 Å². The second-order valence-electron chi connectivity index (χ2n) is 6.06. The number of anilines is 1. The first-order valence-corrected chi connectivity index (χ1v) is 7.99. The van der Waals surface area contributed by atoms with Gasteiger partial charge in [-0.3, -0.25) is 9.59 Å². The van der Waals surface area contributed by atoms with Gasteiger partial charge >= 0.3 is 0 Å². The Balaban J connectivity index is 2.10. The lowest BCUT2D eigenvalue weighted by Crippen LogP contribution is -2.28. The summed E-state index contributed by atoms with van der Waals surface area (Å²) >= 11 is 0. The first kappa shape index (κ1) is 18.4. The minimum absolute atomic E-state index is 0.123. The van der Waals surface area contributed by atoms with E-state index in [0.717, 1.165) is 5.82 Å². The number of rotatable bonds is 6. The van der Waals surface area contributed by atoms with E-state index in [4.69, 9.17) is 0 Å². The lowest BCUT2D eigenvalue weighted by molar-refractivity contribution is -0.113. The van der Waals surface area contributed by atoms with Crippen LogP contribution in [0.2, 0.25) is 0 Å². The first-order chi connectivity index (χ1) is 11.8. The largest absolute Gasteiger partial charge is 0.334 e. The van der Waals surface area contributed by atoms with E-state index >= 15 is 0 Å². The topological polar surface area (TPSA) is 71.3 Å². The van der Waals surface area contributed by atoms with Crippen LogP contribution in [-0.4, -0.2) is 45.6 Å². The zero-order valence-electron chi connectivity index (χ0n) is 15.0. The predicted octanol–water partition coefficient (Wildman–Crippen LogP) is 2.28. The summed E-state index contributed by atoms with van der Waals surface area (Å²) in [5.41, 5.74) is 1.24. The molecule has 1 aromatic carbocycles. The summed E-state index contributed by atoms with van der Waals surface area (Å²) in [7, 11) is 3.38. The number of likely N-dealkylation sites (N-methyl/N-ethyl adjacent to an activating group) is 1. The van der Waals surface area contributed by atoms with E-state index < -0.39 is 0 Å². The van der Waals surface area contributed by atoms with E-state index in [1.165, 1.54) is 11.0 Å². The van der Waals surface area contributed by atoms with Crippen LogP contribution in [0.3, 0.4) is 0 Å². The Labute approximate surface area is 147 Å². The molecule has 0 radical (unpaired) electrons. The molecule has 0 aliphatic rings. The van der Waals surface area contributed by atoms with Gasteiger partial charge in [-0.25, -0.2) is 0 Å². The molecule has 0 fully saturated rings. The third-order valence-corrected chi connectivity index (χ3v) is 3.94. The van der Waals surface area contributed by atoms with Crippen molar-refractivity contribution in [2.24, 2.45) is 0 Å². The monoisotopic (exact) mass is 341 g/mol. The Morgan fingerprint density at radius 3 is 2.44 bits per heavy atom. The number of amides is 2. The molecule has 25 heavy (non-hydrogen) atoms. The lowest BCUT2D eigenvalue weighted by Gasteiger charge is -2.19. The third-order valence-electron chi connectivity index (χ3n) is 3.94. The summed E-state index contributed by atoms with van der Waals surface area (Å²) in [5, 5.41) is 8.00. The van der Waals surface area contributed by atoms with E-state index in [2.05, 4.69) is 16.8 Å². The molecule has 0 N–H and O–H groups in total. The molecule has 1 aromatic heterocycles. The number of aromatic nitrogens is 3. The van der Waals surface area contributed by atoms with Crippen molar-refractivity contribution in [3.63, 3.8) is 0 Å². The minimum Gasteiger partial charge on any atom is -0.334 e. The van der Waals surface area contributed by atoms with Gasteiger partial charge in [0.25, 0.3) is 5.91 Å². The summed E-state index contributed by atoms with van der Waals surface area (Å²) < 4.78 is 1.93. The van der Waals surface area contributed by atoms with Crippen LogP contribution in [-0.2, 0) is 11.3 Å². The molecule has 0 saturated carbocycles. The summed E-state index contributed by atoms with van der Waals surface area (Å²) in [4.78, 5) is 27.3. The Morgan fingerprint density at radius 1 is 1.24 bits per heavy atom. The number of hydrogen-bond acceptors (Lipinski definition) is 4. The van der Waals surface area contributed by atoms with E-state index in [0.29, 0.717) is 17.8 Å². The van der Waals surface area contributed by atoms with Gasteiger partial charge in [-0.05, 0) is 44.2 Å². The van der Waals surface area contributed by atoms with Crippen molar-refractivity contribution in [3.8, 4) is 0 Å². The summed E-state index contributed by atoms with van der Waals surface area (Å²) in [6, 6.07) is 7.10. The van der Waals surface area contributed by atoms with E-state index in [1.54, 1.807) is 49.6 Å². The highest BCUT2D eigenvalue weighted by atomic mass is 16.2. The van der Waals surface area contributed by atoms with Crippen LogP contribution in [0.1, 0.15) is 36.1 Å². The summed E-state index contributed by atoms with van der Waals surface area (Å²) in [6.45, 7) is 7.91. The quantitative estimate of drug-likeness (QED) is 0.756. The number of hydrogen-bond donors (Lipinski definition) is 0. The molecule has 2 aromatic rings. The van der Waals surface area contributed by atoms with Crippen LogP contribution >= 0.6 is 0 Å². The van der Waals surface area contributed by atoms with Crippen molar-refractivity contribution >= 4 is 17.5 Å². The normalized spacial score (nSPS) is 10.6. The number of carbonyl (C=O) groups is 2. The third kappa shape index (κ3) is 4.12. The zero-order chi connectivity index (χ0) is 18.6. The van der Waals surface area contributed by atoms with E-state index in [9.17, 15) is 9.59 Å². The van der Waals surface area contributed by atoms with Gasteiger partial charge in [0.2, 0.25) is 5.91 Å². The molecule has 132 valence electrons. The van der Waals surface area contributed by atoms with Crippen molar-refractivity contribution in [2.75, 3.05) is 19.0 Å². The smallest absolute Gasteiger partial charge is 0.254 e. The molecule has 0 aliphatic carbocycles. The highest BCUT2D eigenvalue weighted by Gasteiger charge is 2.16. The molecule has 7 nitrogen and oxygen atoms in total. The first-order valence-electron chi connectivity index (χ1n) is 7.99. The number of nitrogens with zero attached hydrogens (tertiary/aromatic N) is 5. The van der Waals surface area contributed by atoms with Crippen molar-refractivity contribution in [2.45, 2.75) is 26.4 Å². The molecule has 1 heterocycles. The maximum absolute atomic E-state index is 12.6. The molecule has 0 unspecified atom stereocenters. The summed E-state index contributed by atoms with van der Waals surface area (Å²) in [5.74, 6) is 0.408. The predicted molar refractivity (Wildman–Crippen MR) is 96.3 cm³/mol. The summed E-state index contributed by atoms with van der Waals surface area (Å²) in [6.07, 6.45) is 2.91. The minimum atomic E-state index is -0.204. The standard InChI is InChI=1S/C18H23N5O2/c1-6-17(24)22(5)15-9-7-14(8-10-15)18(25)21(4)11-16-20-19-12-23(16)13(2)3/h6-10,12-13H,1,11H2,2-5H3. The molecule has 2 rings (SSSR count). The molecular weight excluding hydrogens is 318 g/mol. The van der Waals surface area contributed by atoms with Crippen LogP contribution in [0, 0.1) is 0 Å². The average Bonchev–Trinajstić information content (AvgIpc) is 3.08. The molecule has 0 atom stereocenters. The molecule has 7 heteroatoms. The van der Waals surface area contributed by atoms with Crippen molar-refractivity contribution < 1.29 is 9.59 Å². The second-order valence-corrected chi connectivity index (χ2v) is 6.06.